The standard InChI is InChI=1S/C25H32BN3O5S/c1-17-5-6-19(14-23(17)26(32)33)22(16-28-25(31)34-11-12-35(2,3)4)24(30)29-21-8-7-20-15-27-10-9-18(20)13-21/h5-10,13-15,22,32-33H,11-12,16H2,1-4H3,(H,28,31)(H,29,30). The molecule has 1 atom stereocenters. The van der Waals surface area contributed by atoms with Gasteiger partial charge in [0.2, 0.25) is 5.91 Å². The molecule has 10 heteroatoms. The van der Waals surface area contributed by atoms with Gasteiger partial charge in [-0.05, 0) is 60.3 Å². The highest BCUT2D eigenvalue weighted by molar-refractivity contribution is 8.32. The monoisotopic (exact) mass is 497 g/mol. The molecular weight excluding hydrogens is 465 g/mol. The Morgan fingerprint density at radius 3 is 2.57 bits per heavy atom. The van der Waals surface area contributed by atoms with Crippen LogP contribution >= 0.6 is 10.0 Å². The van der Waals surface area contributed by atoms with Gasteiger partial charge < -0.3 is 25.4 Å². The quantitative estimate of drug-likeness (QED) is 0.337. The smallest absolute Gasteiger partial charge is 0.449 e. The predicted molar refractivity (Wildman–Crippen MR) is 144 cm³/mol. The van der Waals surface area contributed by atoms with E-state index in [-0.39, 0.29) is 12.5 Å². The van der Waals surface area contributed by atoms with Crippen molar-refractivity contribution >= 4 is 51.1 Å². The maximum Gasteiger partial charge on any atom is 0.488 e. The summed E-state index contributed by atoms with van der Waals surface area (Å²) >= 11 is 0. The van der Waals surface area contributed by atoms with Crippen LogP contribution in [0.2, 0.25) is 0 Å². The maximum absolute atomic E-state index is 13.3. The zero-order valence-electron chi connectivity index (χ0n) is 20.4. The average Bonchev–Trinajstić information content (AvgIpc) is 2.79. The van der Waals surface area contributed by atoms with Crippen molar-refractivity contribution in [2.75, 3.05) is 43.0 Å². The molecule has 0 spiro atoms. The number of hydrogen-bond donors (Lipinski definition) is 4. The molecule has 0 aliphatic rings. The van der Waals surface area contributed by atoms with Gasteiger partial charge in [0, 0.05) is 35.8 Å². The minimum absolute atomic E-state index is 0.0193. The van der Waals surface area contributed by atoms with Gasteiger partial charge in [-0.3, -0.25) is 9.78 Å². The Morgan fingerprint density at radius 2 is 1.86 bits per heavy atom. The van der Waals surface area contributed by atoms with Gasteiger partial charge in [-0.1, -0.05) is 29.8 Å². The highest BCUT2D eigenvalue weighted by atomic mass is 32.3. The Labute approximate surface area is 207 Å². The fraction of sp³-hybridized carbons (Fsp3) is 0.320. The minimum atomic E-state index is -1.68. The second-order valence-electron chi connectivity index (χ2n) is 9.28. The molecule has 0 aliphatic heterocycles. The van der Waals surface area contributed by atoms with E-state index in [9.17, 15) is 19.6 Å². The van der Waals surface area contributed by atoms with E-state index >= 15 is 0 Å². The number of pyridine rings is 1. The van der Waals surface area contributed by atoms with Gasteiger partial charge in [0.25, 0.3) is 0 Å². The molecule has 0 saturated heterocycles. The molecule has 4 N–H and O–H groups in total. The lowest BCUT2D eigenvalue weighted by Crippen LogP contribution is -2.37. The molecule has 1 aromatic heterocycles. The molecule has 2 amide bonds. The zero-order chi connectivity index (χ0) is 25.6. The van der Waals surface area contributed by atoms with Crippen LogP contribution in [0, 0.1) is 6.92 Å². The van der Waals surface area contributed by atoms with Crippen molar-refractivity contribution in [3.05, 3.63) is 66.0 Å². The first-order valence-corrected chi connectivity index (χ1v) is 14.2. The molecule has 35 heavy (non-hydrogen) atoms. The lowest BCUT2D eigenvalue weighted by atomic mass is 9.75. The summed E-state index contributed by atoms with van der Waals surface area (Å²) in [7, 11) is -2.47. The van der Waals surface area contributed by atoms with Crippen molar-refractivity contribution in [2.24, 2.45) is 0 Å². The summed E-state index contributed by atoms with van der Waals surface area (Å²) in [4.78, 5) is 29.7. The molecule has 186 valence electrons. The summed E-state index contributed by atoms with van der Waals surface area (Å²) in [6.07, 6.45) is 9.25. The lowest BCUT2D eigenvalue weighted by Gasteiger charge is -2.24. The number of benzene rings is 2. The molecule has 8 nitrogen and oxygen atoms in total. The molecule has 1 heterocycles. The Kier molecular flexibility index (Phi) is 8.77. The molecule has 2 aromatic carbocycles. The number of carbonyl (C=O) groups is 2. The van der Waals surface area contributed by atoms with Crippen LogP contribution in [0.4, 0.5) is 10.5 Å². The van der Waals surface area contributed by atoms with Crippen molar-refractivity contribution < 1.29 is 24.4 Å². The van der Waals surface area contributed by atoms with Crippen molar-refractivity contribution in [3.8, 4) is 0 Å². The van der Waals surface area contributed by atoms with Crippen LogP contribution in [0.15, 0.2) is 54.9 Å². The number of nitrogens with one attached hydrogen (secondary N) is 2. The molecule has 0 bridgehead atoms. The van der Waals surface area contributed by atoms with Gasteiger partial charge >= 0.3 is 13.2 Å². The second kappa shape index (κ2) is 11.6. The summed E-state index contributed by atoms with van der Waals surface area (Å²) in [5, 5.41) is 26.9. The van der Waals surface area contributed by atoms with Crippen molar-refractivity contribution in [3.63, 3.8) is 0 Å². The Hall–Kier alpha value is -3.08. The molecule has 0 radical (unpaired) electrons. The van der Waals surface area contributed by atoms with Crippen LogP contribution in [-0.4, -0.2) is 71.8 Å². The largest absolute Gasteiger partial charge is 0.488 e. The molecule has 3 rings (SSSR count). The first kappa shape index (κ1) is 26.5. The van der Waals surface area contributed by atoms with E-state index in [2.05, 4.69) is 34.4 Å². The van der Waals surface area contributed by atoms with E-state index in [1.165, 1.54) is 0 Å². The summed E-state index contributed by atoms with van der Waals surface area (Å²) in [5.41, 5.74) is 2.13. The van der Waals surface area contributed by atoms with Gasteiger partial charge in [0.15, 0.2) is 0 Å². The fourth-order valence-electron chi connectivity index (χ4n) is 3.53. The third kappa shape index (κ3) is 7.71. The highest BCUT2D eigenvalue weighted by Crippen LogP contribution is 2.33. The fourth-order valence-corrected chi connectivity index (χ4v) is 4.11. The maximum atomic E-state index is 13.3. The van der Waals surface area contributed by atoms with Crippen molar-refractivity contribution in [1.29, 1.82) is 0 Å². The number of alkyl carbamates (subject to hydrolysis) is 1. The average molecular weight is 497 g/mol. The number of fused-ring (bicyclic) bond motifs is 1. The van der Waals surface area contributed by atoms with E-state index < -0.39 is 29.2 Å². The topological polar surface area (TPSA) is 121 Å². The van der Waals surface area contributed by atoms with Gasteiger partial charge in [0.05, 0.1) is 5.92 Å². The molecule has 1 unspecified atom stereocenters. The number of nitrogens with zero attached hydrogens (tertiary/aromatic N) is 1. The normalized spacial score (nSPS) is 12.6. The Morgan fingerprint density at radius 1 is 1.09 bits per heavy atom. The number of amides is 2. The number of anilines is 1. The number of hydrogen-bond acceptors (Lipinski definition) is 6. The molecular formula is C25H32BN3O5S. The molecule has 0 fully saturated rings. The van der Waals surface area contributed by atoms with E-state index in [0.717, 1.165) is 16.5 Å². The van der Waals surface area contributed by atoms with Gasteiger partial charge in [-0.2, -0.15) is 0 Å². The van der Waals surface area contributed by atoms with Crippen LogP contribution in [0.1, 0.15) is 17.0 Å². The summed E-state index contributed by atoms with van der Waals surface area (Å²) in [5.74, 6) is -0.348. The third-order valence-corrected chi connectivity index (χ3v) is 6.98. The number of rotatable bonds is 9. The molecule has 3 aromatic rings. The number of aryl methyl sites for hydroxylation is 1. The number of ether oxygens (including phenoxy) is 1. The van der Waals surface area contributed by atoms with Gasteiger partial charge in [-0.15, -0.1) is 0 Å². The van der Waals surface area contributed by atoms with E-state index in [1.807, 2.05) is 18.2 Å². The van der Waals surface area contributed by atoms with E-state index in [4.69, 9.17) is 4.74 Å². The van der Waals surface area contributed by atoms with Crippen LogP contribution in [-0.2, 0) is 9.53 Å². The first-order chi connectivity index (χ1) is 16.5. The molecule has 0 aliphatic carbocycles. The number of carbonyl (C=O) groups excluding carboxylic acids is 2. The van der Waals surface area contributed by atoms with Crippen molar-refractivity contribution in [1.82, 2.24) is 10.3 Å². The van der Waals surface area contributed by atoms with Crippen LogP contribution in [0.25, 0.3) is 10.8 Å². The Balaban J connectivity index is 1.79. The second-order valence-corrected chi connectivity index (χ2v) is 13.9. The van der Waals surface area contributed by atoms with E-state index in [1.54, 1.807) is 43.6 Å². The predicted octanol–water partition coefficient (Wildman–Crippen LogP) is 2.37. The summed E-state index contributed by atoms with van der Waals surface area (Å²) < 4.78 is 5.28. The van der Waals surface area contributed by atoms with Crippen LogP contribution in [0.3, 0.4) is 0 Å². The van der Waals surface area contributed by atoms with Gasteiger partial charge in [0.1, 0.15) is 6.61 Å². The van der Waals surface area contributed by atoms with Gasteiger partial charge in [-0.25, -0.2) is 14.8 Å². The Bertz CT molecular complexity index is 1200. The summed E-state index contributed by atoms with van der Waals surface area (Å²) in [6, 6.07) is 12.4. The minimum Gasteiger partial charge on any atom is -0.449 e. The van der Waals surface area contributed by atoms with Crippen molar-refractivity contribution in [2.45, 2.75) is 12.8 Å². The van der Waals surface area contributed by atoms with E-state index in [0.29, 0.717) is 28.9 Å². The SMILES string of the molecule is Cc1ccc(C(CNC(=O)OCCS(C)(C)C)C(=O)Nc2ccc3cnccc3c2)cc1B(O)O. The third-order valence-electron chi connectivity index (χ3n) is 5.59. The number of aromatic nitrogens is 1. The van der Waals surface area contributed by atoms with Crippen LogP contribution < -0.4 is 16.1 Å². The lowest BCUT2D eigenvalue weighted by molar-refractivity contribution is -0.117. The summed E-state index contributed by atoms with van der Waals surface area (Å²) in [6.45, 7) is 2.04. The zero-order valence-corrected chi connectivity index (χ0v) is 21.3. The van der Waals surface area contributed by atoms with Crippen LogP contribution in [0.5, 0.6) is 0 Å². The molecule has 0 saturated carbocycles. The first-order valence-electron chi connectivity index (χ1n) is 11.2. The highest BCUT2D eigenvalue weighted by Gasteiger charge is 2.25.